The number of nitrogens with zero attached hydrogens (tertiary/aromatic N) is 1. The van der Waals surface area contributed by atoms with Crippen LogP contribution >= 0.6 is 11.8 Å². The zero-order chi connectivity index (χ0) is 18.4. The molecule has 0 fully saturated rings. The Bertz CT molecular complexity index is 820. The van der Waals surface area contributed by atoms with Crippen molar-refractivity contribution in [1.29, 1.82) is 0 Å². The van der Waals surface area contributed by atoms with Crippen molar-refractivity contribution >= 4 is 11.8 Å². The van der Waals surface area contributed by atoms with Crippen molar-refractivity contribution in [3.8, 4) is 6.01 Å². The molecular weight excluding hydrogens is 344 g/mol. The summed E-state index contributed by atoms with van der Waals surface area (Å²) in [6.07, 6.45) is 9.03. The summed E-state index contributed by atoms with van der Waals surface area (Å²) in [6.45, 7) is 4.80. The van der Waals surface area contributed by atoms with E-state index in [0.717, 1.165) is 28.5 Å². The lowest BCUT2D eigenvalue weighted by Gasteiger charge is -2.07. The largest absolute Gasteiger partial charge is 0.497 e. The fourth-order valence-electron chi connectivity index (χ4n) is 2.55. The van der Waals surface area contributed by atoms with E-state index in [4.69, 9.17) is 9.47 Å². The molecule has 0 spiro atoms. The topological polar surface area (TPSA) is 47.1 Å². The van der Waals surface area contributed by atoms with Crippen LogP contribution in [-0.2, 0) is 11.3 Å². The summed E-state index contributed by atoms with van der Waals surface area (Å²) in [5.41, 5.74) is 2.21. The average Bonchev–Trinajstić information content (AvgIpc) is 2.91. The minimum absolute atomic E-state index is 0.332. The van der Waals surface area contributed by atoms with E-state index in [1.54, 1.807) is 18.9 Å². The number of hydrogen-bond donors (Lipinski definition) is 1. The average molecular weight is 369 g/mol. The number of allylic oxidation sites excluding steroid dienone is 5. The molecule has 3 rings (SSSR count). The first-order valence-corrected chi connectivity index (χ1v) is 9.53. The number of rotatable bonds is 7. The molecule has 1 aromatic heterocycles. The number of imidazole rings is 1. The molecule has 0 atom stereocenters. The van der Waals surface area contributed by atoms with Gasteiger partial charge in [0, 0.05) is 0 Å². The molecule has 0 unspecified atom stereocenters. The first-order valence-electron chi connectivity index (χ1n) is 8.71. The number of thioether (sulfide) groups is 1. The molecule has 0 bridgehead atoms. The molecule has 0 aliphatic heterocycles. The lowest BCUT2D eigenvalue weighted by Crippen LogP contribution is -1.96. The van der Waals surface area contributed by atoms with E-state index in [1.165, 1.54) is 4.91 Å². The highest BCUT2D eigenvalue weighted by atomic mass is 32.2. The minimum Gasteiger partial charge on any atom is -0.497 e. The van der Waals surface area contributed by atoms with Crippen LogP contribution in [0.2, 0.25) is 0 Å². The third kappa shape index (κ3) is 4.82. The second-order valence-corrected chi connectivity index (χ2v) is 7.42. The number of methoxy groups -OCH3 is 1. The number of ether oxygens (including phenoxy) is 2. The molecule has 1 aliphatic carbocycles. The van der Waals surface area contributed by atoms with Crippen LogP contribution in [0.15, 0.2) is 70.3 Å². The van der Waals surface area contributed by atoms with E-state index in [-0.39, 0.29) is 0 Å². The Labute approximate surface area is 159 Å². The Morgan fingerprint density at radius 2 is 2.04 bits per heavy atom. The quantitative estimate of drug-likeness (QED) is 0.693. The van der Waals surface area contributed by atoms with E-state index >= 15 is 0 Å². The number of nitrogens with one attached hydrogen (secondary N) is 1. The molecule has 1 aliphatic rings. The van der Waals surface area contributed by atoms with Gasteiger partial charge >= 0.3 is 0 Å². The van der Waals surface area contributed by atoms with Gasteiger partial charge in [-0.1, -0.05) is 68.1 Å². The Kier molecular flexibility index (Phi) is 6.23. The number of H-pyrrole nitrogens is 1. The third-order valence-electron chi connectivity index (χ3n) is 3.95. The van der Waals surface area contributed by atoms with Crippen LogP contribution in [-0.4, -0.2) is 17.1 Å². The molecule has 0 saturated heterocycles. The van der Waals surface area contributed by atoms with Crippen LogP contribution in [0.25, 0.3) is 0 Å². The standard InChI is InChI=1S/C21H24N2O2S/c1-15(2)19-20(26-18-12-8-7-11-17(13-18)24-3)23-21(22-19)25-14-16-9-5-4-6-10-16/h4-11,13,15H,12,14H2,1-3H3,(H,22,23). The minimum atomic E-state index is 0.332. The maximum atomic E-state index is 5.87. The molecule has 0 amide bonds. The zero-order valence-corrected chi connectivity index (χ0v) is 16.2. The van der Waals surface area contributed by atoms with Crippen LogP contribution in [0.3, 0.4) is 0 Å². The molecule has 26 heavy (non-hydrogen) atoms. The van der Waals surface area contributed by atoms with Crippen LogP contribution in [0, 0.1) is 0 Å². The SMILES string of the molecule is COC1=CC=CCC(Sc2nc(OCc3ccccc3)[nH]c2C(C)C)=C1. The third-order valence-corrected chi connectivity index (χ3v) is 5.00. The second kappa shape index (κ2) is 8.81. The number of aromatic amines is 1. The summed E-state index contributed by atoms with van der Waals surface area (Å²) in [4.78, 5) is 9.21. The van der Waals surface area contributed by atoms with Crippen LogP contribution in [0.5, 0.6) is 6.01 Å². The van der Waals surface area contributed by atoms with E-state index in [9.17, 15) is 0 Å². The molecule has 1 N–H and O–H groups in total. The summed E-state index contributed by atoms with van der Waals surface area (Å²) in [7, 11) is 1.69. The van der Waals surface area contributed by atoms with Gasteiger partial charge in [0.25, 0.3) is 6.01 Å². The highest BCUT2D eigenvalue weighted by molar-refractivity contribution is 8.03. The predicted molar refractivity (Wildman–Crippen MR) is 106 cm³/mol. The summed E-state index contributed by atoms with van der Waals surface area (Å²) >= 11 is 1.66. The van der Waals surface area contributed by atoms with Gasteiger partial charge in [-0.2, -0.15) is 4.98 Å². The molecule has 0 radical (unpaired) electrons. The zero-order valence-electron chi connectivity index (χ0n) is 15.4. The smallest absolute Gasteiger partial charge is 0.295 e. The van der Waals surface area contributed by atoms with E-state index in [0.29, 0.717) is 18.5 Å². The molecule has 0 saturated carbocycles. The maximum Gasteiger partial charge on any atom is 0.295 e. The summed E-state index contributed by atoms with van der Waals surface area (Å²) in [6, 6.07) is 10.7. The van der Waals surface area contributed by atoms with Gasteiger partial charge in [-0.05, 0) is 35.0 Å². The van der Waals surface area contributed by atoms with Crippen molar-refractivity contribution in [3.05, 3.63) is 76.6 Å². The normalized spacial score (nSPS) is 14.0. The number of benzene rings is 1. The van der Waals surface area contributed by atoms with Crippen LogP contribution in [0.4, 0.5) is 0 Å². The Balaban J connectivity index is 1.76. The molecule has 2 aromatic rings. The molecule has 136 valence electrons. The number of hydrogen-bond acceptors (Lipinski definition) is 4. The fourth-order valence-corrected chi connectivity index (χ4v) is 3.68. The first-order chi connectivity index (χ1) is 12.7. The lowest BCUT2D eigenvalue weighted by atomic mass is 10.2. The number of aromatic nitrogens is 2. The van der Waals surface area contributed by atoms with E-state index in [2.05, 4.69) is 36.0 Å². The lowest BCUT2D eigenvalue weighted by molar-refractivity contribution is 0.282. The van der Waals surface area contributed by atoms with Crippen LogP contribution in [0.1, 0.15) is 37.4 Å². The fraction of sp³-hybridized carbons (Fsp3) is 0.286. The van der Waals surface area contributed by atoms with Crippen molar-refractivity contribution in [2.24, 2.45) is 0 Å². The summed E-state index contributed by atoms with van der Waals surface area (Å²) in [5.74, 6) is 1.18. The highest BCUT2D eigenvalue weighted by Crippen LogP contribution is 2.36. The molecular formula is C21H24N2O2S. The second-order valence-electron chi connectivity index (χ2n) is 6.31. The van der Waals surface area contributed by atoms with Crippen LogP contribution < -0.4 is 4.74 Å². The van der Waals surface area contributed by atoms with Gasteiger partial charge in [-0.3, -0.25) is 0 Å². The predicted octanol–water partition coefficient (Wildman–Crippen LogP) is 5.58. The van der Waals surface area contributed by atoms with Crippen molar-refractivity contribution in [1.82, 2.24) is 9.97 Å². The Hall–Kier alpha value is -2.40. The van der Waals surface area contributed by atoms with Crippen molar-refractivity contribution in [2.75, 3.05) is 7.11 Å². The molecule has 4 nitrogen and oxygen atoms in total. The molecule has 5 heteroatoms. The Morgan fingerprint density at radius 3 is 2.77 bits per heavy atom. The Morgan fingerprint density at radius 1 is 1.23 bits per heavy atom. The van der Waals surface area contributed by atoms with Gasteiger partial charge in [0.2, 0.25) is 0 Å². The van der Waals surface area contributed by atoms with Gasteiger partial charge in [0.1, 0.15) is 17.4 Å². The van der Waals surface area contributed by atoms with Gasteiger partial charge in [0.05, 0.1) is 12.8 Å². The maximum absolute atomic E-state index is 5.87. The van der Waals surface area contributed by atoms with E-state index < -0.39 is 0 Å². The van der Waals surface area contributed by atoms with Gasteiger partial charge in [-0.15, -0.1) is 0 Å². The van der Waals surface area contributed by atoms with Gasteiger partial charge in [0.15, 0.2) is 0 Å². The van der Waals surface area contributed by atoms with Crippen molar-refractivity contribution < 1.29 is 9.47 Å². The van der Waals surface area contributed by atoms with Gasteiger partial charge in [-0.25, -0.2) is 0 Å². The summed E-state index contributed by atoms with van der Waals surface area (Å²) in [5, 5.41) is 0.958. The summed E-state index contributed by atoms with van der Waals surface area (Å²) < 4.78 is 11.2. The van der Waals surface area contributed by atoms with Crippen molar-refractivity contribution in [2.45, 2.75) is 37.8 Å². The first kappa shape index (κ1) is 18.4. The monoisotopic (exact) mass is 368 g/mol. The van der Waals surface area contributed by atoms with Crippen molar-refractivity contribution in [3.63, 3.8) is 0 Å². The molecule has 1 aromatic carbocycles. The van der Waals surface area contributed by atoms with E-state index in [1.807, 2.05) is 42.5 Å². The molecule has 1 heterocycles. The highest BCUT2D eigenvalue weighted by Gasteiger charge is 2.17. The van der Waals surface area contributed by atoms with Gasteiger partial charge < -0.3 is 14.5 Å².